The van der Waals surface area contributed by atoms with Crippen LogP contribution >= 0.6 is 11.6 Å². The van der Waals surface area contributed by atoms with Crippen molar-refractivity contribution in [3.05, 3.63) is 29.3 Å². The molecule has 1 amide bonds. The van der Waals surface area contributed by atoms with E-state index in [9.17, 15) is 13.8 Å². The molecule has 0 heterocycles. The lowest BCUT2D eigenvalue weighted by Crippen LogP contribution is -2.35. The van der Waals surface area contributed by atoms with Crippen LogP contribution in [0.25, 0.3) is 0 Å². The van der Waals surface area contributed by atoms with E-state index in [0.29, 0.717) is 10.7 Å². The van der Waals surface area contributed by atoms with Crippen molar-refractivity contribution in [2.75, 3.05) is 11.1 Å². The molecule has 0 saturated carbocycles. The van der Waals surface area contributed by atoms with Crippen LogP contribution in [0.5, 0.6) is 0 Å². The van der Waals surface area contributed by atoms with Gasteiger partial charge in [-0.15, -0.1) is 0 Å². The summed E-state index contributed by atoms with van der Waals surface area (Å²) in [5.74, 6) is -2.33. The molecule has 1 rings (SSSR count). The van der Waals surface area contributed by atoms with Gasteiger partial charge in [0.15, 0.2) is 0 Å². The molecule has 2 unspecified atom stereocenters. The van der Waals surface area contributed by atoms with Crippen LogP contribution in [0.3, 0.4) is 0 Å². The summed E-state index contributed by atoms with van der Waals surface area (Å²) in [6.45, 7) is 3.32. The molecule has 0 bridgehead atoms. The molecule has 5 nitrogen and oxygen atoms in total. The molecular formula is C13H16ClNO4S. The summed E-state index contributed by atoms with van der Waals surface area (Å²) >= 11 is 5.78. The minimum Gasteiger partial charge on any atom is -0.480 e. The van der Waals surface area contributed by atoms with Gasteiger partial charge < -0.3 is 10.4 Å². The smallest absolute Gasteiger partial charge is 0.319 e. The van der Waals surface area contributed by atoms with Crippen molar-refractivity contribution < 1.29 is 18.9 Å². The van der Waals surface area contributed by atoms with Crippen molar-refractivity contribution in [2.45, 2.75) is 19.1 Å². The van der Waals surface area contributed by atoms with E-state index in [-0.39, 0.29) is 11.7 Å². The number of aliphatic carboxylic acids is 1. The fourth-order valence-electron chi connectivity index (χ4n) is 1.68. The zero-order valence-electron chi connectivity index (χ0n) is 11.1. The first-order valence-electron chi connectivity index (χ1n) is 5.96. The summed E-state index contributed by atoms with van der Waals surface area (Å²) in [5.41, 5.74) is 0.482. The first-order chi connectivity index (χ1) is 9.31. The highest BCUT2D eigenvalue weighted by molar-refractivity contribution is 7.87. The number of benzene rings is 1. The molecule has 0 aliphatic carbocycles. The van der Waals surface area contributed by atoms with Crippen LogP contribution < -0.4 is 5.32 Å². The van der Waals surface area contributed by atoms with Crippen LogP contribution in [-0.2, 0) is 20.4 Å². The highest BCUT2D eigenvalue weighted by Gasteiger charge is 2.29. The molecule has 0 aromatic heterocycles. The maximum atomic E-state index is 11.9. The molecule has 0 fully saturated rings. The summed E-state index contributed by atoms with van der Waals surface area (Å²) in [7, 11) is -1.77. The Balaban J connectivity index is 2.66. The molecule has 7 heteroatoms. The second-order valence-electron chi connectivity index (χ2n) is 4.59. The molecule has 0 radical (unpaired) electrons. The van der Waals surface area contributed by atoms with Gasteiger partial charge in [0, 0.05) is 21.5 Å². The first-order valence-corrected chi connectivity index (χ1v) is 7.72. The number of carbonyl (C=O) groups excluding carboxylic acids is 1. The van der Waals surface area contributed by atoms with E-state index in [2.05, 4.69) is 5.32 Å². The molecule has 0 spiro atoms. The van der Waals surface area contributed by atoms with Crippen LogP contribution in [0.4, 0.5) is 5.69 Å². The lowest BCUT2D eigenvalue weighted by Gasteiger charge is -2.15. The van der Waals surface area contributed by atoms with E-state index in [4.69, 9.17) is 16.7 Å². The largest absolute Gasteiger partial charge is 0.480 e. The van der Waals surface area contributed by atoms with E-state index in [1.807, 2.05) is 0 Å². The van der Waals surface area contributed by atoms with Crippen LogP contribution in [0, 0.1) is 5.92 Å². The molecule has 2 atom stereocenters. The Morgan fingerprint density at radius 1 is 1.40 bits per heavy atom. The lowest BCUT2D eigenvalue weighted by atomic mass is 10.1. The van der Waals surface area contributed by atoms with Crippen LogP contribution in [0.1, 0.15) is 13.8 Å². The highest BCUT2D eigenvalue weighted by atomic mass is 35.5. The fraction of sp³-hybridized carbons (Fsp3) is 0.385. The van der Waals surface area contributed by atoms with Gasteiger partial charge in [-0.2, -0.15) is 0 Å². The standard InChI is InChI=1S/C13H16ClNO4S/c1-8(2)12(13(17)18)20(19)7-11(16)15-10-5-3-4-9(14)6-10/h3-6,8,12H,7H2,1-2H3,(H,15,16)(H,17,18). The number of rotatable bonds is 6. The van der Waals surface area contributed by atoms with Gasteiger partial charge in [-0.1, -0.05) is 31.5 Å². The maximum absolute atomic E-state index is 11.9. The number of carboxylic acids is 1. The van der Waals surface area contributed by atoms with Gasteiger partial charge in [-0.3, -0.25) is 13.8 Å². The predicted octanol–water partition coefficient (Wildman–Crippen LogP) is 2.14. The number of hydrogen-bond acceptors (Lipinski definition) is 3. The van der Waals surface area contributed by atoms with Crippen molar-refractivity contribution in [3.63, 3.8) is 0 Å². The van der Waals surface area contributed by atoms with Crippen molar-refractivity contribution in [1.29, 1.82) is 0 Å². The Bertz CT molecular complexity index is 533. The number of carbonyl (C=O) groups is 2. The summed E-state index contributed by atoms with van der Waals surface area (Å²) < 4.78 is 11.9. The Morgan fingerprint density at radius 2 is 2.05 bits per heavy atom. The van der Waals surface area contributed by atoms with Gasteiger partial charge in [0.05, 0.1) is 0 Å². The van der Waals surface area contributed by atoms with Crippen molar-refractivity contribution >= 4 is 40.0 Å². The van der Waals surface area contributed by atoms with Gasteiger partial charge in [-0.05, 0) is 24.1 Å². The number of carboxylic acid groups (broad SMARTS) is 1. The third kappa shape index (κ3) is 4.94. The Kier molecular flexibility index (Phi) is 6.16. The SMILES string of the molecule is CC(C)C(C(=O)O)S(=O)CC(=O)Nc1cccc(Cl)c1. The van der Waals surface area contributed by atoms with Gasteiger partial charge in [0.1, 0.15) is 11.0 Å². The summed E-state index contributed by atoms with van der Waals surface area (Å²) in [4.78, 5) is 22.8. The summed E-state index contributed by atoms with van der Waals surface area (Å²) in [5, 5.41) is 11.0. The molecule has 110 valence electrons. The minimum atomic E-state index is -1.77. The number of hydrogen-bond donors (Lipinski definition) is 2. The second kappa shape index (κ2) is 7.40. The molecule has 0 aliphatic heterocycles. The lowest BCUT2D eigenvalue weighted by molar-refractivity contribution is -0.137. The van der Waals surface area contributed by atoms with Crippen LogP contribution in [0.2, 0.25) is 5.02 Å². The normalized spacial score (nSPS) is 13.8. The molecule has 20 heavy (non-hydrogen) atoms. The van der Waals surface area contributed by atoms with E-state index >= 15 is 0 Å². The Morgan fingerprint density at radius 3 is 2.55 bits per heavy atom. The molecule has 2 N–H and O–H groups in total. The number of halogens is 1. The molecular weight excluding hydrogens is 302 g/mol. The van der Waals surface area contributed by atoms with Gasteiger partial charge in [0.25, 0.3) is 0 Å². The van der Waals surface area contributed by atoms with Gasteiger partial charge >= 0.3 is 5.97 Å². The van der Waals surface area contributed by atoms with Gasteiger partial charge in [0.2, 0.25) is 5.91 Å². The Hall–Kier alpha value is -1.40. The van der Waals surface area contributed by atoms with E-state index in [1.54, 1.807) is 38.1 Å². The number of amides is 1. The topological polar surface area (TPSA) is 83.5 Å². The van der Waals surface area contributed by atoms with E-state index in [1.165, 1.54) is 0 Å². The van der Waals surface area contributed by atoms with Crippen LogP contribution in [0.15, 0.2) is 24.3 Å². The maximum Gasteiger partial charge on any atom is 0.319 e. The molecule has 1 aromatic rings. The zero-order chi connectivity index (χ0) is 15.3. The summed E-state index contributed by atoms with van der Waals surface area (Å²) in [6, 6.07) is 6.53. The van der Waals surface area contributed by atoms with Crippen molar-refractivity contribution in [1.82, 2.24) is 0 Å². The first kappa shape index (κ1) is 16.7. The average molecular weight is 318 g/mol. The van der Waals surface area contributed by atoms with Crippen molar-refractivity contribution in [3.8, 4) is 0 Å². The molecule has 0 aliphatic rings. The van der Waals surface area contributed by atoms with Gasteiger partial charge in [-0.25, -0.2) is 0 Å². The minimum absolute atomic E-state index is 0.313. The molecule has 0 saturated heterocycles. The zero-order valence-corrected chi connectivity index (χ0v) is 12.7. The van der Waals surface area contributed by atoms with E-state index in [0.717, 1.165) is 0 Å². The van der Waals surface area contributed by atoms with E-state index < -0.39 is 27.9 Å². The summed E-state index contributed by atoms with van der Waals surface area (Å²) in [6.07, 6.45) is 0. The third-order valence-corrected chi connectivity index (χ3v) is 4.61. The Labute approximate surface area is 124 Å². The number of anilines is 1. The fourth-order valence-corrected chi connectivity index (χ4v) is 3.22. The van der Waals surface area contributed by atoms with Crippen LogP contribution in [-0.4, -0.2) is 32.2 Å². The van der Waals surface area contributed by atoms with Crippen molar-refractivity contribution in [2.24, 2.45) is 5.92 Å². The second-order valence-corrected chi connectivity index (χ2v) is 6.58. The third-order valence-electron chi connectivity index (χ3n) is 2.51. The highest BCUT2D eigenvalue weighted by Crippen LogP contribution is 2.15. The average Bonchev–Trinajstić information content (AvgIpc) is 2.26. The molecule has 1 aromatic carbocycles. The predicted molar refractivity (Wildman–Crippen MR) is 79.4 cm³/mol. The quantitative estimate of drug-likeness (QED) is 0.842. The monoisotopic (exact) mass is 317 g/mol. The number of nitrogens with one attached hydrogen (secondary N) is 1.